The summed E-state index contributed by atoms with van der Waals surface area (Å²) in [5.74, 6) is 0.0787. The van der Waals surface area contributed by atoms with E-state index >= 15 is 0 Å². The lowest BCUT2D eigenvalue weighted by molar-refractivity contribution is 0.0770. The molecule has 0 radical (unpaired) electrons. The molecule has 2 aliphatic heterocycles. The van der Waals surface area contributed by atoms with E-state index in [1.54, 1.807) is 4.90 Å². The summed E-state index contributed by atoms with van der Waals surface area (Å²) in [6, 6.07) is 7.71. The van der Waals surface area contributed by atoms with Gasteiger partial charge in [0.1, 0.15) is 0 Å². The second-order valence-electron chi connectivity index (χ2n) is 6.04. The molecule has 0 N–H and O–H groups in total. The Bertz CT molecular complexity index is 620. The van der Waals surface area contributed by atoms with Gasteiger partial charge in [0, 0.05) is 37.4 Å². The van der Waals surface area contributed by atoms with Crippen molar-refractivity contribution in [3.8, 4) is 0 Å². The first-order valence-corrected chi connectivity index (χ1v) is 9.72. The molecule has 5 nitrogen and oxygen atoms in total. The standard InChI is InChI=1S/C16H22N2O3S/c19-16(18-10-12-22(20,21)13-11-18)14-4-6-15(7-5-14)17-8-2-1-3-9-17/h4-7H,1-3,8-13H2. The number of hydrogen-bond donors (Lipinski definition) is 0. The number of benzene rings is 1. The Labute approximate surface area is 131 Å². The van der Waals surface area contributed by atoms with Crippen molar-refractivity contribution in [3.63, 3.8) is 0 Å². The van der Waals surface area contributed by atoms with Crippen LogP contribution >= 0.6 is 0 Å². The van der Waals surface area contributed by atoms with E-state index in [0.29, 0.717) is 18.7 Å². The number of hydrogen-bond acceptors (Lipinski definition) is 4. The summed E-state index contributed by atoms with van der Waals surface area (Å²) in [4.78, 5) is 16.4. The molecule has 2 fully saturated rings. The number of anilines is 1. The highest BCUT2D eigenvalue weighted by atomic mass is 32.2. The largest absolute Gasteiger partial charge is 0.372 e. The zero-order valence-electron chi connectivity index (χ0n) is 12.7. The summed E-state index contributed by atoms with van der Waals surface area (Å²) in [7, 11) is -2.95. The van der Waals surface area contributed by atoms with Gasteiger partial charge in [0.15, 0.2) is 9.84 Å². The number of sulfone groups is 1. The van der Waals surface area contributed by atoms with Crippen LogP contribution in [0.3, 0.4) is 0 Å². The van der Waals surface area contributed by atoms with Crippen LogP contribution in [0.1, 0.15) is 29.6 Å². The van der Waals surface area contributed by atoms with Crippen LogP contribution < -0.4 is 4.90 Å². The Kier molecular flexibility index (Phi) is 4.38. The Morgan fingerprint density at radius 1 is 0.864 bits per heavy atom. The van der Waals surface area contributed by atoms with Crippen LogP contribution in [0.4, 0.5) is 5.69 Å². The first-order chi connectivity index (χ1) is 10.6. The van der Waals surface area contributed by atoms with E-state index in [1.165, 1.54) is 19.3 Å². The summed E-state index contributed by atoms with van der Waals surface area (Å²) in [5.41, 5.74) is 1.80. The van der Waals surface area contributed by atoms with Crippen molar-refractivity contribution in [1.82, 2.24) is 4.90 Å². The SMILES string of the molecule is O=C(c1ccc(N2CCCCC2)cc1)N1CCS(=O)(=O)CC1. The molecule has 2 heterocycles. The third-order valence-electron chi connectivity index (χ3n) is 4.47. The van der Waals surface area contributed by atoms with Crippen LogP contribution in [0, 0.1) is 0 Å². The molecule has 2 aliphatic rings. The minimum Gasteiger partial charge on any atom is -0.372 e. The molecule has 1 amide bonds. The van der Waals surface area contributed by atoms with Crippen molar-refractivity contribution < 1.29 is 13.2 Å². The molecule has 0 atom stereocenters. The number of carbonyl (C=O) groups is 1. The molecule has 0 saturated carbocycles. The van der Waals surface area contributed by atoms with Crippen molar-refractivity contribution >= 4 is 21.4 Å². The summed E-state index contributed by atoms with van der Waals surface area (Å²) in [6.45, 7) is 2.76. The maximum atomic E-state index is 12.4. The Morgan fingerprint density at radius 3 is 2.05 bits per heavy atom. The second-order valence-corrected chi connectivity index (χ2v) is 8.34. The van der Waals surface area contributed by atoms with Gasteiger partial charge < -0.3 is 9.80 Å². The van der Waals surface area contributed by atoms with E-state index in [2.05, 4.69) is 4.90 Å². The normalized spacial score (nSPS) is 21.6. The highest BCUT2D eigenvalue weighted by Crippen LogP contribution is 2.21. The van der Waals surface area contributed by atoms with Gasteiger partial charge in [0.05, 0.1) is 11.5 Å². The monoisotopic (exact) mass is 322 g/mol. The van der Waals surface area contributed by atoms with Crippen molar-refractivity contribution in [2.75, 3.05) is 42.6 Å². The molecule has 0 spiro atoms. The lowest BCUT2D eigenvalue weighted by Crippen LogP contribution is -2.43. The van der Waals surface area contributed by atoms with Crippen LogP contribution in [0.25, 0.3) is 0 Å². The summed E-state index contributed by atoms with van der Waals surface area (Å²) < 4.78 is 22.9. The molecule has 120 valence electrons. The first-order valence-electron chi connectivity index (χ1n) is 7.90. The average molecular weight is 322 g/mol. The maximum Gasteiger partial charge on any atom is 0.253 e. The average Bonchev–Trinajstić information content (AvgIpc) is 2.55. The predicted octanol–water partition coefficient (Wildman–Crippen LogP) is 1.55. The van der Waals surface area contributed by atoms with Crippen molar-refractivity contribution in [3.05, 3.63) is 29.8 Å². The minimum absolute atomic E-state index is 0.0694. The third kappa shape index (κ3) is 3.43. The Morgan fingerprint density at radius 2 is 1.45 bits per heavy atom. The summed E-state index contributed by atoms with van der Waals surface area (Å²) in [6.07, 6.45) is 3.75. The highest BCUT2D eigenvalue weighted by Gasteiger charge is 2.25. The fourth-order valence-electron chi connectivity index (χ4n) is 3.07. The smallest absolute Gasteiger partial charge is 0.253 e. The van der Waals surface area contributed by atoms with Gasteiger partial charge in [-0.3, -0.25) is 4.79 Å². The van der Waals surface area contributed by atoms with Crippen LogP contribution in [0.15, 0.2) is 24.3 Å². The fraction of sp³-hybridized carbons (Fsp3) is 0.562. The summed E-state index contributed by atoms with van der Waals surface area (Å²) >= 11 is 0. The predicted molar refractivity (Wildman–Crippen MR) is 87.1 cm³/mol. The number of amides is 1. The molecule has 3 rings (SSSR count). The van der Waals surface area contributed by atoms with Gasteiger partial charge in [0.2, 0.25) is 0 Å². The molecule has 22 heavy (non-hydrogen) atoms. The van der Waals surface area contributed by atoms with Gasteiger partial charge >= 0.3 is 0 Å². The minimum atomic E-state index is -2.95. The molecule has 0 aliphatic carbocycles. The first kappa shape index (κ1) is 15.3. The lowest BCUT2D eigenvalue weighted by atomic mass is 10.1. The van der Waals surface area contributed by atoms with Gasteiger partial charge in [0.25, 0.3) is 5.91 Å². The highest BCUT2D eigenvalue weighted by molar-refractivity contribution is 7.91. The van der Waals surface area contributed by atoms with Gasteiger partial charge in [-0.05, 0) is 43.5 Å². The Hall–Kier alpha value is -1.56. The molecule has 6 heteroatoms. The van der Waals surface area contributed by atoms with E-state index in [1.807, 2.05) is 24.3 Å². The van der Waals surface area contributed by atoms with Gasteiger partial charge in [-0.15, -0.1) is 0 Å². The van der Waals surface area contributed by atoms with E-state index in [-0.39, 0.29) is 17.4 Å². The number of carbonyl (C=O) groups excluding carboxylic acids is 1. The number of piperidine rings is 1. The number of nitrogens with zero attached hydrogens (tertiary/aromatic N) is 2. The maximum absolute atomic E-state index is 12.4. The van der Waals surface area contributed by atoms with Crippen LogP contribution in [-0.2, 0) is 9.84 Å². The van der Waals surface area contributed by atoms with E-state index < -0.39 is 9.84 Å². The molecular formula is C16H22N2O3S. The zero-order valence-corrected chi connectivity index (χ0v) is 13.5. The molecule has 0 unspecified atom stereocenters. The van der Waals surface area contributed by atoms with Crippen LogP contribution in [0.5, 0.6) is 0 Å². The molecular weight excluding hydrogens is 300 g/mol. The van der Waals surface area contributed by atoms with Gasteiger partial charge in [-0.25, -0.2) is 8.42 Å². The van der Waals surface area contributed by atoms with E-state index in [0.717, 1.165) is 18.8 Å². The summed E-state index contributed by atoms with van der Waals surface area (Å²) in [5, 5.41) is 0. The zero-order chi connectivity index (χ0) is 15.6. The van der Waals surface area contributed by atoms with E-state index in [4.69, 9.17) is 0 Å². The second kappa shape index (κ2) is 6.28. The number of rotatable bonds is 2. The van der Waals surface area contributed by atoms with Gasteiger partial charge in [-0.1, -0.05) is 0 Å². The van der Waals surface area contributed by atoms with Crippen molar-refractivity contribution in [2.45, 2.75) is 19.3 Å². The molecule has 0 bridgehead atoms. The van der Waals surface area contributed by atoms with E-state index in [9.17, 15) is 13.2 Å². The fourth-order valence-corrected chi connectivity index (χ4v) is 4.27. The lowest BCUT2D eigenvalue weighted by Gasteiger charge is -2.29. The Balaban J connectivity index is 1.66. The quantitative estimate of drug-likeness (QED) is 0.829. The van der Waals surface area contributed by atoms with Crippen LogP contribution in [-0.4, -0.2) is 56.9 Å². The molecule has 1 aromatic carbocycles. The van der Waals surface area contributed by atoms with Gasteiger partial charge in [-0.2, -0.15) is 0 Å². The topological polar surface area (TPSA) is 57.7 Å². The van der Waals surface area contributed by atoms with Crippen molar-refractivity contribution in [2.24, 2.45) is 0 Å². The third-order valence-corrected chi connectivity index (χ3v) is 6.08. The van der Waals surface area contributed by atoms with Crippen LogP contribution in [0.2, 0.25) is 0 Å². The molecule has 1 aromatic rings. The molecule has 2 saturated heterocycles. The molecule has 0 aromatic heterocycles. The van der Waals surface area contributed by atoms with Crippen molar-refractivity contribution in [1.29, 1.82) is 0 Å².